The number of carbonyl (C=O) groups excluding carboxylic acids is 1. The first-order valence-corrected chi connectivity index (χ1v) is 7.89. The molecule has 3 nitrogen and oxygen atoms in total. The molecule has 0 atom stereocenters. The van der Waals surface area contributed by atoms with Crippen LogP contribution in [0, 0.1) is 16.0 Å². The van der Waals surface area contributed by atoms with Gasteiger partial charge in [-0.2, -0.15) is 5.26 Å². The van der Waals surface area contributed by atoms with E-state index in [1.54, 1.807) is 6.07 Å². The minimum Gasteiger partial charge on any atom is -0.342 e. The largest absolute Gasteiger partial charge is 0.342 e. The van der Waals surface area contributed by atoms with Crippen molar-refractivity contribution in [2.24, 2.45) is 0 Å². The lowest BCUT2D eigenvalue weighted by molar-refractivity contribution is 0.103. The van der Waals surface area contributed by atoms with Gasteiger partial charge in [-0.3, -0.25) is 4.79 Å². The normalized spacial score (nSPS) is 11.9. The molecule has 0 unspecified atom stereocenters. The molecule has 2 aromatic heterocycles. The molecule has 1 aliphatic rings. The Hall–Kier alpha value is -2.55. The Labute approximate surface area is 135 Å². The molecule has 0 aliphatic heterocycles. The number of nitrogens with zero attached hydrogens (tertiary/aromatic N) is 1. The molecule has 3 aromatic rings. The molecule has 1 aliphatic carbocycles. The van der Waals surface area contributed by atoms with E-state index >= 15 is 0 Å². The monoisotopic (exact) mass is 320 g/mol. The summed E-state index contributed by atoms with van der Waals surface area (Å²) in [6.45, 7) is 0. The molecule has 22 heavy (non-hydrogen) atoms. The fourth-order valence-corrected chi connectivity index (χ4v) is 3.88. The number of pyridine rings is 1. The summed E-state index contributed by atoms with van der Waals surface area (Å²) in [5.41, 5.74) is 3.95. The zero-order chi connectivity index (χ0) is 15.3. The number of fused-ring (bicyclic) bond motifs is 3. The van der Waals surface area contributed by atoms with Crippen LogP contribution in [0.15, 0.2) is 41.8 Å². The molecule has 0 saturated carbocycles. The maximum absolute atomic E-state index is 12.6. The fourth-order valence-electron chi connectivity index (χ4n) is 2.85. The molecule has 0 spiro atoms. The third-order valence-electron chi connectivity index (χ3n) is 3.76. The minimum absolute atomic E-state index is 0.0704. The number of nitriles is 1. The SMILES string of the molecule is N#Cc1c(-c2cccs2)c2c([nH]c1=S)C(=O)c1ccccc1-2. The molecule has 0 fully saturated rings. The molecule has 0 bridgehead atoms. The number of hydrogen-bond donors (Lipinski definition) is 1. The number of H-pyrrole nitrogens is 1. The van der Waals surface area contributed by atoms with Crippen LogP contribution in [0.3, 0.4) is 0 Å². The van der Waals surface area contributed by atoms with E-state index in [0.717, 1.165) is 21.6 Å². The van der Waals surface area contributed by atoms with Gasteiger partial charge in [0.2, 0.25) is 5.78 Å². The topological polar surface area (TPSA) is 56.6 Å². The van der Waals surface area contributed by atoms with Gasteiger partial charge in [0.15, 0.2) is 0 Å². The average molecular weight is 320 g/mol. The predicted octanol–water partition coefficient (Wildman–Crippen LogP) is 4.56. The van der Waals surface area contributed by atoms with Gasteiger partial charge in [0, 0.05) is 21.6 Å². The van der Waals surface area contributed by atoms with Crippen LogP contribution in [0.1, 0.15) is 21.6 Å². The Balaban J connectivity index is 2.22. The van der Waals surface area contributed by atoms with Crippen LogP contribution in [-0.4, -0.2) is 10.8 Å². The first-order chi connectivity index (χ1) is 10.7. The van der Waals surface area contributed by atoms with Crippen LogP contribution in [0.2, 0.25) is 0 Å². The zero-order valence-electron chi connectivity index (χ0n) is 11.2. The number of benzene rings is 1. The Morgan fingerprint density at radius 2 is 1.86 bits per heavy atom. The van der Waals surface area contributed by atoms with Gasteiger partial charge in [-0.15, -0.1) is 11.3 Å². The van der Waals surface area contributed by atoms with Gasteiger partial charge in [0.25, 0.3) is 0 Å². The molecule has 5 heteroatoms. The molecule has 4 rings (SSSR count). The van der Waals surface area contributed by atoms with Crippen molar-refractivity contribution in [2.75, 3.05) is 0 Å². The molecule has 0 amide bonds. The molecular weight excluding hydrogens is 312 g/mol. The van der Waals surface area contributed by atoms with Crippen molar-refractivity contribution in [3.63, 3.8) is 0 Å². The number of rotatable bonds is 1. The second-order valence-corrected chi connectivity index (χ2v) is 6.27. The van der Waals surface area contributed by atoms with E-state index in [-0.39, 0.29) is 5.78 Å². The number of hydrogen-bond acceptors (Lipinski definition) is 4. The highest BCUT2D eigenvalue weighted by Gasteiger charge is 2.32. The number of ketones is 1. The van der Waals surface area contributed by atoms with Crippen molar-refractivity contribution >= 4 is 29.3 Å². The van der Waals surface area contributed by atoms with E-state index in [1.807, 2.05) is 35.7 Å². The Kier molecular flexibility index (Phi) is 2.83. The first kappa shape index (κ1) is 13.1. The third kappa shape index (κ3) is 1.65. The highest BCUT2D eigenvalue weighted by molar-refractivity contribution is 7.71. The van der Waals surface area contributed by atoms with E-state index in [9.17, 15) is 10.1 Å². The number of aromatic amines is 1. The Bertz CT molecular complexity index is 1020. The summed E-state index contributed by atoms with van der Waals surface area (Å²) in [5.74, 6) is -0.0704. The highest BCUT2D eigenvalue weighted by atomic mass is 32.1. The van der Waals surface area contributed by atoms with Gasteiger partial charge in [-0.1, -0.05) is 42.5 Å². The summed E-state index contributed by atoms with van der Waals surface area (Å²) in [6, 6.07) is 13.5. The van der Waals surface area contributed by atoms with Crippen molar-refractivity contribution in [1.82, 2.24) is 4.98 Å². The van der Waals surface area contributed by atoms with E-state index in [2.05, 4.69) is 11.1 Å². The molecule has 2 heterocycles. The van der Waals surface area contributed by atoms with Crippen LogP contribution in [0.25, 0.3) is 21.6 Å². The second-order valence-electron chi connectivity index (χ2n) is 4.92. The summed E-state index contributed by atoms with van der Waals surface area (Å²) in [6.07, 6.45) is 0. The third-order valence-corrected chi connectivity index (χ3v) is 4.96. The quantitative estimate of drug-likeness (QED) is 0.523. The Morgan fingerprint density at radius 1 is 1.09 bits per heavy atom. The maximum Gasteiger partial charge on any atom is 0.210 e. The van der Waals surface area contributed by atoms with Crippen LogP contribution in [0.4, 0.5) is 0 Å². The van der Waals surface area contributed by atoms with Crippen LogP contribution < -0.4 is 0 Å². The van der Waals surface area contributed by atoms with Gasteiger partial charge in [0.1, 0.15) is 10.7 Å². The molecule has 0 saturated heterocycles. The van der Waals surface area contributed by atoms with Gasteiger partial charge in [-0.05, 0) is 17.0 Å². The number of nitrogens with one attached hydrogen (secondary N) is 1. The molecule has 0 radical (unpaired) electrons. The lowest BCUT2D eigenvalue weighted by Gasteiger charge is -2.09. The minimum atomic E-state index is -0.0704. The summed E-state index contributed by atoms with van der Waals surface area (Å²) >= 11 is 6.83. The lowest BCUT2D eigenvalue weighted by Crippen LogP contribution is -2.01. The van der Waals surface area contributed by atoms with Gasteiger partial charge in [-0.25, -0.2) is 0 Å². The number of carbonyl (C=O) groups is 1. The fraction of sp³-hybridized carbons (Fsp3) is 0. The van der Waals surface area contributed by atoms with Crippen molar-refractivity contribution in [2.45, 2.75) is 0 Å². The standard InChI is InChI=1S/C17H8N2OS2/c18-8-11-13(12-6-3-7-22-12)14-9-4-1-2-5-10(9)16(20)15(14)19-17(11)21/h1-7H,(H,19,21). The predicted molar refractivity (Wildman–Crippen MR) is 88.5 cm³/mol. The zero-order valence-corrected chi connectivity index (χ0v) is 12.8. The van der Waals surface area contributed by atoms with Crippen molar-refractivity contribution in [1.29, 1.82) is 5.26 Å². The van der Waals surface area contributed by atoms with Gasteiger partial charge >= 0.3 is 0 Å². The van der Waals surface area contributed by atoms with E-state index in [0.29, 0.717) is 21.5 Å². The van der Waals surface area contributed by atoms with Crippen LogP contribution >= 0.6 is 23.6 Å². The van der Waals surface area contributed by atoms with Crippen LogP contribution in [-0.2, 0) is 0 Å². The summed E-state index contributed by atoms with van der Waals surface area (Å²) < 4.78 is 0.311. The summed E-state index contributed by atoms with van der Waals surface area (Å²) in [4.78, 5) is 16.5. The number of aromatic nitrogens is 1. The van der Waals surface area contributed by atoms with E-state index in [1.165, 1.54) is 11.3 Å². The van der Waals surface area contributed by atoms with E-state index in [4.69, 9.17) is 12.2 Å². The summed E-state index contributed by atoms with van der Waals surface area (Å²) in [7, 11) is 0. The molecule has 1 N–H and O–H groups in total. The smallest absolute Gasteiger partial charge is 0.210 e. The second kappa shape index (κ2) is 4.73. The lowest BCUT2D eigenvalue weighted by atomic mass is 9.97. The van der Waals surface area contributed by atoms with Crippen molar-refractivity contribution < 1.29 is 4.79 Å². The van der Waals surface area contributed by atoms with Crippen LogP contribution in [0.5, 0.6) is 0 Å². The number of thiophene rings is 1. The van der Waals surface area contributed by atoms with Gasteiger partial charge in [0.05, 0.1) is 11.3 Å². The first-order valence-electron chi connectivity index (χ1n) is 6.60. The Morgan fingerprint density at radius 3 is 2.55 bits per heavy atom. The van der Waals surface area contributed by atoms with E-state index < -0.39 is 0 Å². The van der Waals surface area contributed by atoms with Crippen molar-refractivity contribution in [3.05, 3.63) is 63.2 Å². The summed E-state index contributed by atoms with van der Waals surface area (Å²) in [5, 5.41) is 11.5. The molecule has 1 aromatic carbocycles. The average Bonchev–Trinajstić information content (AvgIpc) is 3.15. The van der Waals surface area contributed by atoms with Crippen molar-refractivity contribution in [3.8, 4) is 27.6 Å². The highest BCUT2D eigenvalue weighted by Crippen LogP contribution is 2.44. The maximum atomic E-state index is 12.6. The molecular formula is C17H8N2OS2. The molecule has 104 valence electrons. The van der Waals surface area contributed by atoms with Gasteiger partial charge < -0.3 is 4.98 Å².